The zero-order valence-electron chi connectivity index (χ0n) is 36.3. The molecule has 2 atom stereocenters. The quantitative estimate of drug-likeness (QED) is 0.0202. The van der Waals surface area contributed by atoms with Crippen LogP contribution < -0.4 is 5.11 Å². The number of carbonyl (C=O) groups excluding carboxylic acids is 3. The molecule has 0 aliphatic rings. The Kier molecular flexibility index (Phi) is 36.4. The molecule has 0 heterocycles. The molecule has 0 bridgehead atoms. The molecule has 56 heavy (non-hydrogen) atoms. The van der Waals surface area contributed by atoms with Crippen LogP contribution in [0.3, 0.4) is 0 Å². The lowest BCUT2D eigenvalue weighted by atomic mass is 10.1. The number of hydrogen-bond acceptors (Lipinski definition) is 7. The van der Waals surface area contributed by atoms with E-state index in [1.807, 2.05) is 0 Å². The van der Waals surface area contributed by atoms with Crippen LogP contribution in [0.4, 0.5) is 0 Å². The van der Waals surface area contributed by atoms with E-state index in [9.17, 15) is 19.5 Å². The molecule has 0 aliphatic heterocycles. The van der Waals surface area contributed by atoms with Crippen LogP contribution in [0.2, 0.25) is 0 Å². The van der Waals surface area contributed by atoms with Gasteiger partial charge >= 0.3 is 11.9 Å². The number of rotatable bonds is 38. The molecule has 0 amide bonds. The predicted molar refractivity (Wildman–Crippen MR) is 231 cm³/mol. The summed E-state index contributed by atoms with van der Waals surface area (Å²) in [4.78, 5) is 36.8. The van der Waals surface area contributed by atoms with E-state index >= 15 is 0 Å². The fraction of sp³-hybridized carbons (Fsp3) is 0.688. The van der Waals surface area contributed by atoms with Crippen molar-refractivity contribution in [3.63, 3.8) is 0 Å². The van der Waals surface area contributed by atoms with Gasteiger partial charge in [0, 0.05) is 19.3 Å². The summed E-state index contributed by atoms with van der Waals surface area (Å²) in [5, 5.41) is 11.6. The monoisotopic (exact) mass is 784 g/mol. The number of ether oxygens (including phenoxy) is 3. The standard InChI is InChI=1S/C48H81NO7/c1-6-8-10-12-14-16-18-19-20-21-22-23-24-25-26-27-29-31-33-35-37-39-47(51)56-44(42-54-41-40-45(48(52)53)49(3,4)5)43-55-46(50)38-36-34-32-30-28-17-15-13-11-9-7-2/h13-17,19-20,22-23,25-26,28,44-45H,6-12,18,21,24,27,29-43H2,1-5H3/b15-13+,16-14+,20-19+,23-22+,26-25+,28-17+. The van der Waals surface area contributed by atoms with E-state index < -0.39 is 18.1 Å². The number of carboxylic acid groups (broad SMARTS) is 1. The number of likely N-dealkylation sites (N-methyl/N-ethyl adjacent to an activating group) is 1. The van der Waals surface area contributed by atoms with Gasteiger partial charge in [-0.2, -0.15) is 0 Å². The molecule has 0 fully saturated rings. The molecular formula is C48H81NO7. The molecule has 8 nitrogen and oxygen atoms in total. The molecule has 0 aromatic carbocycles. The Morgan fingerprint density at radius 3 is 1.57 bits per heavy atom. The lowest BCUT2D eigenvalue weighted by molar-refractivity contribution is -0.889. The Hall–Kier alpha value is -3.23. The molecule has 0 radical (unpaired) electrons. The zero-order valence-corrected chi connectivity index (χ0v) is 36.3. The van der Waals surface area contributed by atoms with E-state index in [2.05, 4.69) is 86.8 Å². The molecule has 320 valence electrons. The van der Waals surface area contributed by atoms with Crippen molar-refractivity contribution in [3.8, 4) is 0 Å². The highest BCUT2D eigenvalue weighted by Crippen LogP contribution is 2.12. The Morgan fingerprint density at radius 1 is 0.554 bits per heavy atom. The highest BCUT2D eigenvalue weighted by Gasteiger charge is 2.25. The van der Waals surface area contributed by atoms with E-state index in [4.69, 9.17) is 14.2 Å². The van der Waals surface area contributed by atoms with Gasteiger partial charge < -0.3 is 28.6 Å². The van der Waals surface area contributed by atoms with Gasteiger partial charge in [-0.25, -0.2) is 0 Å². The molecule has 0 aliphatic carbocycles. The van der Waals surface area contributed by atoms with Gasteiger partial charge in [0.1, 0.15) is 12.6 Å². The maximum absolute atomic E-state index is 12.7. The Labute approximate surface area is 342 Å². The second kappa shape index (κ2) is 38.6. The van der Waals surface area contributed by atoms with Crippen LogP contribution in [0.5, 0.6) is 0 Å². The predicted octanol–water partition coefficient (Wildman–Crippen LogP) is 10.6. The molecule has 0 aromatic heterocycles. The normalized spacial score (nSPS) is 13.7. The number of allylic oxidation sites excluding steroid dienone is 12. The van der Waals surface area contributed by atoms with Crippen molar-refractivity contribution in [2.45, 2.75) is 174 Å². The molecule has 0 saturated carbocycles. The van der Waals surface area contributed by atoms with Crippen molar-refractivity contribution in [2.24, 2.45) is 0 Å². The lowest BCUT2D eigenvalue weighted by Gasteiger charge is -2.34. The highest BCUT2D eigenvalue weighted by molar-refractivity contribution is 5.70. The van der Waals surface area contributed by atoms with Crippen molar-refractivity contribution in [1.29, 1.82) is 0 Å². The number of quaternary nitrogens is 1. The fourth-order valence-electron chi connectivity index (χ4n) is 5.85. The average molecular weight is 784 g/mol. The van der Waals surface area contributed by atoms with Crippen molar-refractivity contribution in [2.75, 3.05) is 41.0 Å². The smallest absolute Gasteiger partial charge is 0.306 e. The topological polar surface area (TPSA) is 102 Å². The molecule has 8 heteroatoms. The average Bonchev–Trinajstić information content (AvgIpc) is 3.15. The molecule has 0 aromatic rings. The van der Waals surface area contributed by atoms with E-state index in [0.29, 0.717) is 12.8 Å². The zero-order chi connectivity index (χ0) is 41.4. The van der Waals surface area contributed by atoms with Gasteiger partial charge in [0.15, 0.2) is 6.10 Å². The molecule has 0 spiro atoms. The second-order valence-corrected chi connectivity index (χ2v) is 15.6. The summed E-state index contributed by atoms with van der Waals surface area (Å²) in [5.41, 5.74) is 0. The highest BCUT2D eigenvalue weighted by atomic mass is 16.6. The van der Waals surface area contributed by atoms with Crippen LogP contribution in [-0.2, 0) is 28.6 Å². The third-order valence-electron chi connectivity index (χ3n) is 9.34. The third-order valence-corrected chi connectivity index (χ3v) is 9.34. The number of carboxylic acids is 1. The first kappa shape index (κ1) is 52.8. The van der Waals surface area contributed by atoms with Crippen molar-refractivity contribution >= 4 is 17.9 Å². The van der Waals surface area contributed by atoms with Gasteiger partial charge in [0.05, 0.1) is 40.3 Å². The van der Waals surface area contributed by atoms with Crippen LogP contribution in [0.25, 0.3) is 0 Å². The summed E-state index contributed by atoms with van der Waals surface area (Å²) in [6, 6.07) is -0.736. The summed E-state index contributed by atoms with van der Waals surface area (Å²) in [6.45, 7) is 4.51. The Morgan fingerprint density at radius 2 is 1.02 bits per heavy atom. The van der Waals surface area contributed by atoms with Crippen LogP contribution in [-0.4, -0.2) is 75.5 Å². The molecule has 0 N–H and O–H groups in total. The molecule has 2 unspecified atom stereocenters. The summed E-state index contributed by atoms with van der Waals surface area (Å²) in [7, 11) is 5.38. The minimum absolute atomic E-state index is 0.0205. The minimum Gasteiger partial charge on any atom is -0.544 e. The molecule has 0 rings (SSSR count). The van der Waals surface area contributed by atoms with E-state index in [-0.39, 0.29) is 42.7 Å². The summed E-state index contributed by atoms with van der Waals surface area (Å²) < 4.78 is 17.1. The van der Waals surface area contributed by atoms with Crippen LogP contribution in [0.1, 0.15) is 162 Å². The van der Waals surface area contributed by atoms with Gasteiger partial charge in [-0.15, -0.1) is 0 Å². The third kappa shape index (κ3) is 36.4. The van der Waals surface area contributed by atoms with Crippen molar-refractivity contribution in [3.05, 3.63) is 72.9 Å². The SMILES string of the molecule is CCCC/C=C/C=C/CCCCCC(=O)OCC(COCCC(C(=O)[O-])[N+](C)(C)C)OC(=O)CCCCCCC/C=C/C/C=C/C/C=C/C/C=C/CCCCC. The van der Waals surface area contributed by atoms with Gasteiger partial charge in [0.25, 0.3) is 0 Å². The summed E-state index contributed by atoms with van der Waals surface area (Å²) >= 11 is 0. The largest absolute Gasteiger partial charge is 0.544 e. The molecule has 0 saturated heterocycles. The van der Waals surface area contributed by atoms with Gasteiger partial charge in [-0.3, -0.25) is 9.59 Å². The first-order valence-corrected chi connectivity index (χ1v) is 22.0. The van der Waals surface area contributed by atoms with Crippen LogP contribution in [0.15, 0.2) is 72.9 Å². The number of aliphatic carboxylic acids is 1. The van der Waals surface area contributed by atoms with Gasteiger partial charge in [-0.1, -0.05) is 138 Å². The Bertz CT molecular complexity index is 1140. The van der Waals surface area contributed by atoms with Crippen molar-refractivity contribution in [1.82, 2.24) is 0 Å². The fourth-order valence-corrected chi connectivity index (χ4v) is 5.85. The van der Waals surface area contributed by atoms with E-state index in [1.165, 1.54) is 38.5 Å². The first-order valence-electron chi connectivity index (χ1n) is 22.0. The second-order valence-electron chi connectivity index (χ2n) is 15.6. The number of unbranched alkanes of at least 4 members (excludes halogenated alkanes) is 13. The lowest BCUT2D eigenvalue weighted by Crippen LogP contribution is -2.55. The summed E-state index contributed by atoms with van der Waals surface area (Å²) in [6.07, 6.45) is 47.8. The summed E-state index contributed by atoms with van der Waals surface area (Å²) in [5.74, 6) is -1.81. The van der Waals surface area contributed by atoms with Gasteiger partial charge in [-0.05, 0) is 77.0 Å². The number of nitrogens with zero attached hydrogens (tertiary/aromatic N) is 1. The maximum atomic E-state index is 12.7. The minimum atomic E-state index is -1.14. The first-order chi connectivity index (χ1) is 27.1. The Balaban J connectivity index is 4.40. The van der Waals surface area contributed by atoms with Crippen LogP contribution in [0, 0.1) is 0 Å². The number of carbonyl (C=O) groups is 3. The van der Waals surface area contributed by atoms with E-state index in [1.54, 1.807) is 21.1 Å². The number of hydrogen-bond donors (Lipinski definition) is 0. The molecular weight excluding hydrogens is 703 g/mol. The van der Waals surface area contributed by atoms with E-state index in [0.717, 1.165) is 89.9 Å². The van der Waals surface area contributed by atoms with Crippen molar-refractivity contribution < 1.29 is 38.2 Å². The maximum Gasteiger partial charge on any atom is 0.306 e. The van der Waals surface area contributed by atoms with Gasteiger partial charge in [0.2, 0.25) is 0 Å². The number of esters is 2. The van der Waals surface area contributed by atoms with Crippen LogP contribution >= 0.6 is 0 Å².